The molecular weight excluding hydrogens is 523 g/mol. The van der Waals surface area contributed by atoms with Crippen LogP contribution in [-0.2, 0) is 16.4 Å². The molecule has 0 unspecified atom stereocenters. The van der Waals surface area contributed by atoms with Crippen molar-refractivity contribution < 1.29 is 22.9 Å². The number of hydrogen-bond acceptors (Lipinski definition) is 6. The zero-order valence-corrected chi connectivity index (χ0v) is 23.3. The highest BCUT2D eigenvalue weighted by molar-refractivity contribution is 5.77. The van der Waals surface area contributed by atoms with E-state index in [-0.39, 0.29) is 23.1 Å². The molecule has 0 spiro atoms. The highest BCUT2D eigenvalue weighted by Gasteiger charge is 2.38. The van der Waals surface area contributed by atoms with E-state index in [1.807, 2.05) is 0 Å². The molecule has 2 aromatic rings. The largest absolute Gasteiger partial charge is 0.423 e. The summed E-state index contributed by atoms with van der Waals surface area (Å²) in [4.78, 5) is 26.8. The second kappa shape index (κ2) is 12.0. The molecule has 0 aliphatic carbocycles. The molecule has 0 radical (unpaired) electrons. The van der Waals surface area contributed by atoms with Crippen LogP contribution in [0.4, 0.5) is 30.2 Å². The van der Waals surface area contributed by atoms with Crippen LogP contribution in [0.1, 0.15) is 57.6 Å². The van der Waals surface area contributed by atoms with Crippen LogP contribution >= 0.6 is 0 Å². The van der Waals surface area contributed by atoms with Crippen LogP contribution in [0, 0.1) is 10.1 Å². The third kappa shape index (κ3) is 7.65. The number of benzene rings is 2. The first-order valence-corrected chi connectivity index (χ1v) is 13.8. The quantitative estimate of drug-likeness (QED) is 0.309. The number of halogens is 3. The number of carbonyl (C=O) groups excluding carboxylic acids is 1. The first-order valence-electron chi connectivity index (χ1n) is 13.8. The Labute approximate surface area is 233 Å². The van der Waals surface area contributed by atoms with E-state index in [0.717, 1.165) is 43.8 Å². The molecule has 11 heteroatoms. The number of hydrogen-bond donors (Lipinski definition) is 2. The summed E-state index contributed by atoms with van der Waals surface area (Å²) in [6, 6.07) is 11.7. The Morgan fingerprint density at radius 1 is 0.950 bits per heavy atom. The van der Waals surface area contributed by atoms with Gasteiger partial charge in [0, 0.05) is 68.7 Å². The van der Waals surface area contributed by atoms with E-state index < -0.39 is 22.4 Å². The topological polar surface area (TPSA) is 90.8 Å². The summed E-state index contributed by atoms with van der Waals surface area (Å²) in [6.07, 6.45) is -1.84. The minimum absolute atomic E-state index is 0.0307. The maximum absolute atomic E-state index is 13.3. The van der Waals surface area contributed by atoms with Gasteiger partial charge in [0.05, 0.1) is 4.92 Å². The second-order valence-electron chi connectivity index (χ2n) is 11.8. The Bertz CT molecular complexity index is 1190. The summed E-state index contributed by atoms with van der Waals surface area (Å²) in [6.45, 7) is 10.0. The molecular formula is C29H38F3N5O3. The van der Waals surface area contributed by atoms with Gasteiger partial charge in [-0.05, 0) is 54.5 Å². The van der Waals surface area contributed by atoms with Gasteiger partial charge in [0.25, 0.3) is 5.69 Å². The number of nitrogens with zero attached hydrogens (tertiary/aromatic N) is 3. The summed E-state index contributed by atoms with van der Waals surface area (Å²) >= 11 is 0. The van der Waals surface area contributed by atoms with E-state index in [4.69, 9.17) is 0 Å². The lowest BCUT2D eigenvalue weighted by atomic mass is 9.87. The fourth-order valence-electron chi connectivity index (χ4n) is 5.37. The number of nitro benzene ring substituents is 1. The van der Waals surface area contributed by atoms with Gasteiger partial charge in [0.15, 0.2) is 0 Å². The normalized spacial score (nSPS) is 19.1. The number of nitro groups is 1. The third-order valence-electron chi connectivity index (χ3n) is 7.76. The molecule has 0 saturated carbocycles. The summed E-state index contributed by atoms with van der Waals surface area (Å²) < 4.78 is 39.9. The molecule has 2 saturated heterocycles. The molecule has 2 aliphatic heterocycles. The predicted octanol–water partition coefficient (Wildman–Crippen LogP) is 5.89. The Kier molecular flexibility index (Phi) is 8.92. The number of amides is 1. The van der Waals surface area contributed by atoms with Crippen molar-refractivity contribution in [1.29, 1.82) is 0 Å². The smallest absolute Gasteiger partial charge is 0.382 e. The fraction of sp³-hybridized carbons (Fsp3) is 0.552. The monoisotopic (exact) mass is 561 g/mol. The average molecular weight is 562 g/mol. The van der Waals surface area contributed by atoms with Gasteiger partial charge in [0.2, 0.25) is 5.91 Å². The van der Waals surface area contributed by atoms with Crippen LogP contribution in [0.2, 0.25) is 0 Å². The highest BCUT2D eigenvalue weighted by atomic mass is 19.4. The SMILES string of the molecule is CC(C)(C)c1ccc(NC2CCN(CCC(=O)N3CC[C@H](Nc4ccc([N+](=O)[O-])c(C(F)(F)F)c4)C3)CC2)cc1. The van der Waals surface area contributed by atoms with E-state index in [2.05, 4.69) is 60.6 Å². The minimum Gasteiger partial charge on any atom is -0.382 e. The van der Waals surface area contributed by atoms with Gasteiger partial charge >= 0.3 is 6.18 Å². The molecule has 2 aromatic carbocycles. The van der Waals surface area contributed by atoms with Gasteiger partial charge in [-0.1, -0.05) is 32.9 Å². The second-order valence-corrected chi connectivity index (χ2v) is 11.8. The zero-order valence-electron chi connectivity index (χ0n) is 23.3. The van der Waals surface area contributed by atoms with Crippen LogP contribution < -0.4 is 10.6 Å². The molecule has 2 heterocycles. The molecule has 40 heavy (non-hydrogen) atoms. The molecule has 2 aliphatic rings. The maximum atomic E-state index is 13.3. The van der Waals surface area contributed by atoms with Gasteiger partial charge in [0.1, 0.15) is 5.56 Å². The third-order valence-corrected chi connectivity index (χ3v) is 7.76. The number of likely N-dealkylation sites (tertiary alicyclic amines) is 2. The van der Waals surface area contributed by atoms with Crippen molar-refractivity contribution in [3.8, 4) is 0 Å². The van der Waals surface area contributed by atoms with Gasteiger partial charge in [-0.15, -0.1) is 0 Å². The summed E-state index contributed by atoms with van der Waals surface area (Å²) in [5.41, 5.74) is 0.448. The molecule has 0 aromatic heterocycles. The highest BCUT2D eigenvalue weighted by Crippen LogP contribution is 2.38. The number of piperidine rings is 1. The lowest BCUT2D eigenvalue weighted by Crippen LogP contribution is -2.41. The van der Waals surface area contributed by atoms with Crippen molar-refractivity contribution in [3.05, 3.63) is 63.7 Å². The number of nitrogens with one attached hydrogen (secondary N) is 2. The van der Waals surface area contributed by atoms with Crippen molar-refractivity contribution in [2.45, 2.75) is 70.1 Å². The summed E-state index contributed by atoms with van der Waals surface area (Å²) in [5, 5.41) is 17.6. The van der Waals surface area contributed by atoms with Crippen molar-refractivity contribution in [2.24, 2.45) is 0 Å². The van der Waals surface area contributed by atoms with Crippen LogP contribution in [0.3, 0.4) is 0 Å². The van der Waals surface area contributed by atoms with E-state index in [0.29, 0.717) is 38.5 Å². The van der Waals surface area contributed by atoms with Crippen molar-refractivity contribution in [1.82, 2.24) is 9.80 Å². The lowest BCUT2D eigenvalue weighted by molar-refractivity contribution is -0.388. The average Bonchev–Trinajstić information content (AvgIpc) is 3.36. The standard InChI is InChI=1S/C29H38F3N5O3/c1-28(2,3)20-4-6-21(7-5-20)33-22-10-14-35(15-11-22)16-13-27(38)36-17-12-24(19-36)34-23-8-9-26(37(39)40)25(18-23)29(30,31)32/h4-9,18,22,24,33-34H,10-17,19H2,1-3H3/t24-/m0/s1. The molecule has 8 nitrogen and oxygen atoms in total. The maximum Gasteiger partial charge on any atom is 0.423 e. The summed E-state index contributed by atoms with van der Waals surface area (Å²) in [5.74, 6) is 0.0307. The van der Waals surface area contributed by atoms with Crippen LogP contribution in [-0.4, -0.2) is 65.4 Å². The molecule has 1 amide bonds. The van der Waals surface area contributed by atoms with Crippen LogP contribution in [0.15, 0.2) is 42.5 Å². The molecule has 2 fully saturated rings. The minimum atomic E-state index is -4.83. The molecule has 1 atom stereocenters. The number of alkyl halides is 3. The molecule has 218 valence electrons. The van der Waals surface area contributed by atoms with Crippen molar-refractivity contribution in [2.75, 3.05) is 43.4 Å². The van der Waals surface area contributed by atoms with Gasteiger partial charge in [-0.3, -0.25) is 14.9 Å². The van der Waals surface area contributed by atoms with Crippen molar-refractivity contribution >= 4 is 23.0 Å². The molecule has 0 bridgehead atoms. The first kappa shape index (κ1) is 29.6. The zero-order chi connectivity index (χ0) is 29.1. The fourth-order valence-corrected chi connectivity index (χ4v) is 5.37. The van der Waals surface area contributed by atoms with Gasteiger partial charge in [-0.25, -0.2) is 0 Å². The molecule has 4 rings (SSSR count). The number of rotatable bonds is 8. The Morgan fingerprint density at radius 2 is 1.55 bits per heavy atom. The first-order chi connectivity index (χ1) is 18.8. The van der Waals surface area contributed by atoms with E-state index >= 15 is 0 Å². The van der Waals surface area contributed by atoms with E-state index in [1.165, 1.54) is 11.6 Å². The van der Waals surface area contributed by atoms with Crippen LogP contribution in [0.25, 0.3) is 0 Å². The predicted molar refractivity (Wildman–Crippen MR) is 150 cm³/mol. The Balaban J connectivity index is 1.19. The van der Waals surface area contributed by atoms with Crippen molar-refractivity contribution in [3.63, 3.8) is 0 Å². The van der Waals surface area contributed by atoms with E-state index in [9.17, 15) is 28.1 Å². The van der Waals surface area contributed by atoms with Gasteiger partial charge in [-0.2, -0.15) is 13.2 Å². The summed E-state index contributed by atoms with van der Waals surface area (Å²) in [7, 11) is 0. The lowest BCUT2D eigenvalue weighted by Gasteiger charge is -2.33. The molecule has 2 N–H and O–H groups in total. The Hall–Kier alpha value is -3.34. The van der Waals surface area contributed by atoms with E-state index in [1.54, 1.807) is 4.90 Å². The number of carbonyl (C=O) groups is 1. The number of anilines is 2. The van der Waals surface area contributed by atoms with Gasteiger partial charge < -0.3 is 20.4 Å². The Morgan fingerprint density at radius 3 is 2.15 bits per heavy atom. The van der Waals surface area contributed by atoms with Crippen LogP contribution in [0.5, 0.6) is 0 Å².